The van der Waals surface area contributed by atoms with Crippen LogP contribution in [0.2, 0.25) is 0 Å². The van der Waals surface area contributed by atoms with Gasteiger partial charge in [-0.15, -0.1) is 0 Å². The molecule has 0 fully saturated rings. The number of benzene rings is 1. The maximum Gasteiger partial charge on any atom is 0.126 e. The average molecular weight is 191 g/mol. The van der Waals surface area contributed by atoms with Crippen LogP contribution in [-0.4, -0.2) is 6.61 Å². The van der Waals surface area contributed by atoms with Gasteiger partial charge < -0.3 is 4.74 Å². The molecule has 0 saturated heterocycles. The highest BCUT2D eigenvalue weighted by molar-refractivity contribution is 5.40. The quantitative estimate of drug-likeness (QED) is 0.631. The smallest absolute Gasteiger partial charge is 0.126 e. The van der Waals surface area contributed by atoms with E-state index in [0.717, 1.165) is 18.4 Å². The standard InChI is InChI=1S/C11H10FNO/c12-9-3-4-10-8(7-13)2-1-5-14-11(10)6-9/h3-4,6,8H,1-2,5H2. The third kappa shape index (κ3) is 1.56. The van der Waals surface area contributed by atoms with Crippen LogP contribution >= 0.6 is 0 Å². The lowest BCUT2D eigenvalue weighted by molar-refractivity contribution is 0.315. The van der Waals surface area contributed by atoms with Crippen LogP contribution in [0.1, 0.15) is 24.3 Å². The molecule has 1 aromatic carbocycles. The predicted molar refractivity (Wildman–Crippen MR) is 49.5 cm³/mol. The number of nitrogens with zero attached hydrogens (tertiary/aromatic N) is 1. The van der Waals surface area contributed by atoms with Gasteiger partial charge in [0.2, 0.25) is 0 Å². The molecule has 0 radical (unpaired) electrons. The molecule has 1 atom stereocenters. The van der Waals surface area contributed by atoms with E-state index in [4.69, 9.17) is 10.00 Å². The van der Waals surface area contributed by atoms with Gasteiger partial charge in [0.05, 0.1) is 18.6 Å². The third-order valence-corrected chi connectivity index (χ3v) is 2.40. The van der Waals surface area contributed by atoms with Crippen molar-refractivity contribution < 1.29 is 9.13 Å². The summed E-state index contributed by atoms with van der Waals surface area (Å²) in [6.07, 6.45) is 1.63. The summed E-state index contributed by atoms with van der Waals surface area (Å²) in [5, 5.41) is 8.93. The number of hydrogen-bond acceptors (Lipinski definition) is 2. The summed E-state index contributed by atoms with van der Waals surface area (Å²) in [7, 11) is 0. The number of nitriles is 1. The normalized spacial score (nSPS) is 20.1. The molecule has 1 aliphatic heterocycles. The molecule has 14 heavy (non-hydrogen) atoms. The Morgan fingerprint density at radius 3 is 3.14 bits per heavy atom. The number of rotatable bonds is 0. The average Bonchev–Trinajstić information content (AvgIpc) is 2.38. The van der Waals surface area contributed by atoms with Crippen LogP contribution in [-0.2, 0) is 0 Å². The van der Waals surface area contributed by atoms with Crippen molar-refractivity contribution in [1.82, 2.24) is 0 Å². The Morgan fingerprint density at radius 1 is 1.50 bits per heavy atom. The summed E-state index contributed by atoms with van der Waals surface area (Å²) >= 11 is 0. The Kier molecular flexibility index (Phi) is 2.36. The van der Waals surface area contributed by atoms with Crippen molar-refractivity contribution in [3.8, 4) is 11.8 Å². The summed E-state index contributed by atoms with van der Waals surface area (Å²) in [4.78, 5) is 0. The van der Waals surface area contributed by atoms with Crippen molar-refractivity contribution in [2.24, 2.45) is 0 Å². The lowest BCUT2D eigenvalue weighted by atomic mass is 9.96. The summed E-state index contributed by atoms with van der Waals surface area (Å²) in [6.45, 7) is 0.564. The van der Waals surface area contributed by atoms with Crippen molar-refractivity contribution in [3.05, 3.63) is 29.6 Å². The Labute approximate surface area is 81.9 Å². The Bertz CT molecular complexity index is 383. The molecular formula is C11H10FNO. The Hall–Kier alpha value is -1.56. The maximum atomic E-state index is 12.9. The van der Waals surface area contributed by atoms with E-state index in [9.17, 15) is 4.39 Å². The molecule has 1 aliphatic rings. The second-order valence-electron chi connectivity index (χ2n) is 3.35. The zero-order valence-corrected chi connectivity index (χ0v) is 7.66. The van der Waals surface area contributed by atoms with E-state index in [1.807, 2.05) is 0 Å². The molecule has 1 aromatic rings. The topological polar surface area (TPSA) is 33.0 Å². The van der Waals surface area contributed by atoms with Crippen molar-refractivity contribution in [1.29, 1.82) is 5.26 Å². The minimum atomic E-state index is -0.317. The van der Waals surface area contributed by atoms with Crippen molar-refractivity contribution in [3.63, 3.8) is 0 Å². The van der Waals surface area contributed by atoms with Gasteiger partial charge in [-0.3, -0.25) is 0 Å². The summed E-state index contributed by atoms with van der Waals surface area (Å²) in [6, 6.07) is 6.58. The molecule has 1 heterocycles. The molecule has 0 amide bonds. The minimum absolute atomic E-state index is 0.159. The lowest BCUT2D eigenvalue weighted by Crippen LogP contribution is -1.96. The Morgan fingerprint density at radius 2 is 2.36 bits per heavy atom. The third-order valence-electron chi connectivity index (χ3n) is 2.40. The molecule has 2 rings (SSSR count). The monoisotopic (exact) mass is 191 g/mol. The lowest BCUT2D eigenvalue weighted by Gasteiger charge is -2.08. The highest BCUT2D eigenvalue weighted by Gasteiger charge is 2.19. The molecule has 72 valence electrons. The molecule has 3 heteroatoms. The first-order valence-electron chi connectivity index (χ1n) is 4.63. The minimum Gasteiger partial charge on any atom is -0.493 e. The molecular weight excluding hydrogens is 181 g/mol. The largest absolute Gasteiger partial charge is 0.493 e. The fourth-order valence-electron chi connectivity index (χ4n) is 1.68. The predicted octanol–water partition coefficient (Wildman–Crippen LogP) is 2.61. The SMILES string of the molecule is N#CC1CCCOc2cc(F)ccc21. The molecule has 1 unspecified atom stereocenters. The fraction of sp³-hybridized carbons (Fsp3) is 0.364. The molecule has 0 N–H and O–H groups in total. The summed E-state index contributed by atoms with van der Waals surface area (Å²) < 4.78 is 18.3. The van der Waals surface area contributed by atoms with Crippen LogP contribution < -0.4 is 4.74 Å². The second-order valence-corrected chi connectivity index (χ2v) is 3.35. The molecule has 0 aliphatic carbocycles. The van der Waals surface area contributed by atoms with Gasteiger partial charge in [0.1, 0.15) is 11.6 Å². The number of halogens is 1. The van der Waals surface area contributed by atoms with Crippen LogP contribution in [0.25, 0.3) is 0 Å². The van der Waals surface area contributed by atoms with Gasteiger partial charge in [-0.1, -0.05) is 6.07 Å². The fourth-order valence-corrected chi connectivity index (χ4v) is 1.68. The number of fused-ring (bicyclic) bond motifs is 1. The molecule has 2 nitrogen and oxygen atoms in total. The van der Waals surface area contributed by atoms with E-state index in [1.165, 1.54) is 12.1 Å². The van der Waals surface area contributed by atoms with Crippen LogP contribution in [0.3, 0.4) is 0 Å². The first-order chi connectivity index (χ1) is 6.81. The first-order valence-corrected chi connectivity index (χ1v) is 4.63. The molecule has 0 bridgehead atoms. The maximum absolute atomic E-state index is 12.9. The highest BCUT2D eigenvalue weighted by Crippen LogP contribution is 2.32. The number of hydrogen-bond donors (Lipinski definition) is 0. The molecule has 0 aromatic heterocycles. The van der Waals surface area contributed by atoms with Gasteiger partial charge in [0, 0.05) is 11.6 Å². The van der Waals surface area contributed by atoms with Crippen LogP contribution in [0.15, 0.2) is 18.2 Å². The van der Waals surface area contributed by atoms with Crippen molar-refractivity contribution in [2.45, 2.75) is 18.8 Å². The van der Waals surface area contributed by atoms with Crippen LogP contribution in [0, 0.1) is 17.1 Å². The van der Waals surface area contributed by atoms with Gasteiger partial charge in [-0.2, -0.15) is 5.26 Å². The Balaban J connectivity index is 2.45. The summed E-state index contributed by atoms with van der Waals surface area (Å²) in [5.74, 6) is 0.0458. The van der Waals surface area contributed by atoms with Gasteiger partial charge >= 0.3 is 0 Å². The molecule has 0 spiro atoms. The van der Waals surface area contributed by atoms with Gasteiger partial charge in [-0.05, 0) is 18.9 Å². The van der Waals surface area contributed by atoms with Crippen LogP contribution in [0.4, 0.5) is 4.39 Å². The molecule has 0 saturated carbocycles. The zero-order chi connectivity index (χ0) is 9.97. The van der Waals surface area contributed by atoms with Crippen LogP contribution in [0.5, 0.6) is 5.75 Å². The van der Waals surface area contributed by atoms with Gasteiger partial charge in [0.15, 0.2) is 0 Å². The van der Waals surface area contributed by atoms with Crippen molar-refractivity contribution >= 4 is 0 Å². The van der Waals surface area contributed by atoms with E-state index in [-0.39, 0.29) is 11.7 Å². The van der Waals surface area contributed by atoms with E-state index in [1.54, 1.807) is 6.07 Å². The van der Waals surface area contributed by atoms with E-state index in [2.05, 4.69) is 6.07 Å². The highest BCUT2D eigenvalue weighted by atomic mass is 19.1. The zero-order valence-electron chi connectivity index (χ0n) is 7.66. The van der Waals surface area contributed by atoms with E-state index >= 15 is 0 Å². The first kappa shape index (κ1) is 9.01. The van der Waals surface area contributed by atoms with Gasteiger partial charge in [-0.25, -0.2) is 4.39 Å². The van der Waals surface area contributed by atoms with Gasteiger partial charge in [0.25, 0.3) is 0 Å². The van der Waals surface area contributed by atoms with Crippen molar-refractivity contribution in [2.75, 3.05) is 6.61 Å². The number of ether oxygens (including phenoxy) is 1. The second kappa shape index (κ2) is 3.67. The van der Waals surface area contributed by atoms with E-state index in [0.29, 0.717) is 12.4 Å². The van der Waals surface area contributed by atoms with E-state index < -0.39 is 0 Å². The summed E-state index contributed by atoms with van der Waals surface area (Å²) in [5.41, 5.74) is 0.811.